The summed E-state index contributed by atoms with van der Waals surface area (Å²) in [5, 5.41) is 5.72. The maximum absolute atomic E-state index is 12.8. The Morgan fingerprint density at radius 3 is 2.58 bits per heavy atom. The molecule has 0 aliphatic carbocycles. The Morgan fingerprint density at radius 1 is 1.12 bits per heavy atom. The second-order valence-corrected chi connectivity index (χ2v) is 7.70. The van der Waals surface area contributed by atoms with E-state index in [1.165, 1.54) is 16.3 Å². The molecular formula is C21H28N2O. The molecule has 0 spiro atoms. The van der Waals surface area contributed by atoms with Crippen LogP contribution in [0.4, 0.5) is 0 Å². The van der Waals surface area contributed by atoms with Gasteiger partial charge in [0, 0.05) is 12.6 Å². The van der Waals surface area contributed by atoms with E-state index in [1.54, 1.807) is 0 Å². The molecule has 1 amide bonds. The van der Waals surface area contributed by atoms with Gasteiger partial charge in [-0.05, 0) is 57.0 Å². The minimum Gasteiger partial charge on any atom is -0.347 e. The zero-order valence-electron chi connectivity index (χ0n) is 15.2. The summed E-state index contributed by atoms with van der Waals surface area (Å²) in [4.78, 5) is 15.1. The summed E-state index contributed by atoms with van der Waals surface area (Å²) >= 11 is 0. The predicted octanol–water partition coefficient (Wildman–Crippen LogP) is 3.92. The average Bonchev–Trinajstić information content (AvgIpc) is 2.56. The largest absolute Gasteiger partial charge is 0.347 e. The van der Waals surface area contributed by atoms with Crippen LogP contribution in [-0.2, 0) is 10.3 Å². The Morgan fingerprint density at radius 2 is 1.83 bits per heavy atom. The van der Waals surface area contributed by atoms with E-state index in [9.17, 15) is 4.79 Å². The van der Waals surface area contributed by atoms with E-state index in [-0.39, 0.29) is 17.4 Å². The van der Waals surface area contributed by atoms with Gasteiger partial charge in [-0.15, -0.1) is 0 Å². The van der Waals surface area contributed by atoms with E-state index in [2.05, 4.69) is 80.5 Å². The lowest BCUT2D eigenvalue weighted by Crippen LogP contribution is -2.49. The Hall–Kier alpha value is -1.87. The first-order valence-electron chi connectivity index (χ1n) is 8.89. The number of carbonyl (C=O) groups excluding carboxylic acids is 1. The number of benzene rings is 2. The van der Waals surface area contributed by atoms with Crippen LogP contribution in [-0.4, -0.2) is 30.4 Å². The highest BCUT2D eigenvalue weighted by Gasteiger charge is 2.32. The van der Waals surface area contributed by atoms with Crippen molar-refractivity contribution in [2.75, 3.05) is 13.6 Å². The maximum Gasteiger partial charge on any atom is 0.225 e. The number of amides is 1. The van der Waals surface area contributed by atoms with Crippen LogP contribution in [0.2, 0.25) is 0 Å². The van der Waals surface area contributed by atoms with Crippen LogP contribution in [0, 0.1) is 5.92 Å². The molecule has 1 aliphatic heterocycles. The molecule has 0 bridgehead atoms. The number of nitrogens with zero attached hydrogens (tertiary/aromatic N) is 1. The van der Waals surface area contributed by atoms with Crippen LogP contribution >= 0.6 is 0 Å². The van der Waals surface area contributed by atoms with Crippen molar-refractivity contribution in [1.29, 1.82) is 0 Å². The molecule has 3 rings (SSSR count). The maximum atomic E-state index is 12.8. The molecule has 1 saturated heterocycles. The first-order valence-corrected chi connectivity index (χ1v) is 8.89. The van der Waals surface area contributed by atoms with E-state index in [0.717, 1.165) is 19.4 Å². The summed E-state index contributed by atoms with van der Waals surface area (Å²) < 4.78 is 0. The van der Waals surface area contributed by atoms with Crippen molar-refractivity contribution in [3.63, 3.8) is 0 Å². The lowest BCUT2D eigenvalue weighted by molar-refractivity contribution is -0.128. The van der Waals surface area contributed by atoms with E-state index < -0.39 is 0 Å². The molecule has 1 heterocycles. The highest BCUT2D eigenvalue weighted by Crippen LogP contribution is 2.29. The third kappa shape index (κ3) is 3.32. The fourth-order valence-corrected chi connectivity index (χ4v) is 3.74. The molecule has 1 aliphatic rings. The van der Waals surface area contributed by atoms with Crippen LogP contribution in [0.1, 0.15) is 39.2 Å². The van der Waals surface area contributed by atoms with Gasteiger partial charge in [-0.1, -0.05) is 42.5 Å². The van der Waals surface area contributed by atoms with Crippen LogP contribution in [0.25, 0.3) is 10.8 Å². The molecule has 1 fully saturated rings. The van der Waals surface area contributed by atoms with Crippen molar-refractivity contribution in [2.24, 2.45) is 5.92 Å². The second-order valence-electron chi connectivity index (χ2n) is 7.70. The molecule has 2 atom stereocenters. The lowest BCUT2D eigenvalue weighted by atomic mass is 9.87. The van der Waals surface area contributed by atoms with Crippen LogP contribution < -0.4 is 5.32 Å². The number of likely N-dealkylation sites (tertiary alicyclic amines) is 1. The van der Waals surface area contributed by atoms with Gasteiger partial charge in [-0.25, -0.2) is 0 Å². The minimum absolute atomic E-state index is 0.0838. The van der Waals surface area contributed by atoms with Crippen molar-refractivity contribution < 1.29 is 4.79 Å². The van der Waals surface area contributed by atoms with Crippen molar-refractivity contribution in [2.45, 2.75) is 45.2 Å². The molecule has 3 nitrogen and oxygen atoms in total. The number of nitrogens with one attached hydrogen (secondary N) is 1. The predicted molar refractivity (Wildman–Crippen MR) is 99.9 cm³/mol. The SMILES string of the molecule is C[C@H]1CC[C@H](C(=O)NC(C)(C)c2cccc3ccccc23)CN1C. The number of hydrogen-bond donors (Lipinski definition) is 1. The summed E-state index contributed by atoms with van der Waals surface area (Å²) in [5.41, 5.74) is 0.783. The summed E-state index contributed by atoms with van der Waals surface area (Å²) in [6.07, 6.45) is 2.06. The second kappa shape index (κ2) is 6.56. The average molecular weight is 324 g/mol. The fourth-order valence-electron chi connectivity index (χ4n) is 3.74. The Kier molecular flexibility index (Phi) is 4.64. The highest BCUT2D eigenvalue weighted by atomic mass is 16.2. The Labute approximate surface area is 145 Å². The van der Waals surface area contributed by atoms with Crippen molar-refractivity contribution in [3.05, 3.63) is 48.0 Å². The molecule has 0 aromatic heterocycles. The number of rotatable bonds is 3. The molecule has 128 valence electrons. The molecule has 24 heavy (non-hydrogen) atoms. The van der Waals surface area contributed by atoms with E-state index in [1.807, 2.05) is 0 Å². The zero-order chi connectivity index (χ0) is 17.3. The van der Waals surface area contributed by atoms with Crippen LogP contribution in [0.15, 0.2) is 42.5 Å². The first-order chi connectivity index (χ1) is 11.4. The number of carbonyl (C=O) groups is 1. The van der Waals surface area contributed by atoms with Crippen molar-refractivity contribution >= 4 is 16.7 Å². The first kappa shape index (κ1) is 17.0. The normalized spacial score (nSPS) is 22.5. The zero-order valence-corrected chi connectivity index (χ0v) is 15.2. The van der Waals surface area contributed by atoms with Crippen LogP contribution in [0.5, 0.6) is 0 Å². The summed E-state index contributed by atoms with van der Waals surface area (Å²) in [6.45, 7) is 7.27. The van der Waals surface area contributed by atoms with Crippen molar-refractivity contribution in [3.8, 4) is 0 Å². The molecule has 2 aromatic rings. The molecule has 3 heteroatoms. The number of fused-ring (bicyclic) bond motifs is 1. The number of hydrogen-bond acceptors (Lipinski definition) is 2. The summed E-state index contributed by atoms with van der Waals surface area (Å²) in [5.74, 6) is 0.257. The summed E-state index contributed by atoms with van der Waals surface area (Å²) in [7, 11) is 2.11. The van der Waals surface area contributed by atoms with Gasteiger partial charge in [-0.3, -0.25) is 4.79 Å². The third-order valence-electron chi connectivity index (χ3n) is 5.46. The molecular weight excluding hydrogens is 296 g/mol. The van der Waals surface area contributed by atoms with Crippen LogP contribution in [0.3, 0.4) is 0 Å². The molecule has 2 aromatic carbocycles. The monoisotopic (exact) mass is 324 g/mol. The van der Waals surface area contributed by atoms with Gasteiger partial charge in [0.1, 0.15) is 0 Å². The Bertz CT molecular complexity index is 732. The van der Waals surface area contributed by atoms with Crippen molar-refractivity contribution in [1.82, 2.24) is 10.2 Å². The fraction of sp³-hybridized carbons (Fsp3) is 0.476. The minimum atomic E-state index is -0.389. The topological polar surface area (TPSA) is 32.3 Å². The highest BCUT2D eigenvalue weighted by molar-refractivity contribution is 5.87. The van der Waals surface area contributed by atoms with Gasteiger partial charge in [0.15, 0.2) is 0 Å². The van der Waals surface area contributed by atoms with Gasteiger partial charge in [0.25, 0.3) is 0 Å². The van der Waals surface area contributed by atoms with Gasteiger partial charge >= 0.3 is 0 Å². The standard InChI is InChI=1S/C21H28N2O/c1-15-12-13-17(14-23(15)4)20(24)22-21(2,3)19-11-7-9-16-8-5-6-10-18(16)19/h5-11,15,17H,12-14H2,1-4H3,(H,22,24)/t15-,17-/m0/s1. The van der Waals surface area contributed by atoms with E-state index >= 15 is 0 Å². The number of piperidine rings is 1. The van der Waals surface area contributed by atoms with Gasteiger partial charge in [-0.2, -0.15) is 0 Å². The third-order valence-corrected chi connectivity index (χ3v) is 5.46. The van der Waals surface area contributed by atoms with E-state index in [0.29, 0.717) is 6.04 Å². The molecule has 0 saturated carbocycles. The molecule has 0 radical (unpaired) electrons. The summed E-state index contributed by atoms with van der Waals surface area (Å²) in [6, 6.07) is 15.2. The lowest BCUT2D eigenvalue weighted by Gasteiger charge is -2.36. The quantitative estimate of drug-likeness (QED) is 0.928. The van der Waals surface area contributed by atoms with Gasteiger partial charge < -0.3 is 10.2 Å². The Balaban J connectivity index is 1.81. The molecule has 0 unspecified atom stereocenters. The molecule has 1 N–H and O–H groups in total. The van der Waals surface area contributed by atoms with Gasteiger partial charge in [0.2, 0.25) is 5.91 Å². The van der Waals surface area contributed by atoms with Gasteiger partial charge in [0.05, 0.1) is 11.5 Å². The smallest absolute Gasteiger partial charge is 0.225 e. The van der Waals surface area contributed by atoms with E-state index in [4.69, 9.17) is 0 Å².